The number of nitrogens with one attached hydrogen (secondary N) is 1. The smallest absolute Gasteiger partial charge is 0.412 e. The van der Waals surface area contributed by atoms with E-state index in [-0.39, 0.29) is 5.75 Å². The molecule has 0 saturated heterocycles. The predicted octanol–water partition coefficient (Wildman–Crippen LogP) is 2.14. The van der Waals surface area contributed by atoms with Crippen molar-refractivity contribution in [2.45, 2.75) is 13.8 Å². The summed E-state index contributed by atoms with van der Waals surface area (Å²) in [5.41, 5.74) is 0. The lowest BCUT2D eigenvalue weighted by Crippen LogP contribution is -2.30. The second kappa shape index (κ2) is 5.24. The molecule has 0 spiro atoms. The van der Waals surface area contributed by atoms with Crippen molar-refractivity contribution in [3.8, 4) is 11.5 Å². The number of rotatable bonds is 3. The molecule has 4 nitrogen and oxygen atoms in total. The largest absolute Gasteiger partial charge is 0.508 e. The van der Waals surface area contributed by atoms with Gasteiger partial charge in [0.05, 0.1) is 0 Å². The maximum Gasteiger partial charge on any atom is 0.412 e. The summed E-state index contributed by atoms with van der Waals surface area (Å²) in [6.07, 6.45) is -0.505. The molecule has 15 heavy (non-hydrogen) atoms. The van der Waals surface area contributed by atoms with Gasteiger partial charge in [-0.3, -0.25) is 0 Å². The van der Waals surface area contributed by atoms with E-state index in [9.17, 15) is 4.79 Å². The average molecular weight is 209 g/mol. The minimum Gasteiger partial charge on any atom is -0.508 e. The van der Waals surface area contributed by atoms with Crippen molar-refractivity contribution in [3.05, 3.63) is 24.3 Å². The number of phenolic OH excluding ortho intramolecular Hbond substituents is 1. The van der Waals surface area contributed by atoms with Gasteiger partial charge in [0.2, 0.25) is 0 Å². The number of phenols is 1. The van der Waals surface area contributed by atoms with Gasteiger partial charge in [-0.1, -0.05) is 19.9 Å². The third-order valence-electron chi connectivity index (χ3n) is 1.68. The molecule has 1 amide bonds. The number of hydrogen-bond donors (Lipinski definition) is 2. The quantitative estimate of drug-likeness (QED) is 0.801. The SMILES string of the molecule is CC(C)CNC(=O)Oc1cccc(O)c1. The van der Waals surface area contributed by atoms with Crippen LogP contribution >= 0.6 is 0 Å². The van der Waals surface area contributed by atoms with Gasteiger partial charge in [0.25, 0.3) is 0 Å². The third kappa shape index (κ3) is 4.35. The van der Waals surface area contributed by atoms with Gasteiger partial charge in [-0.2, -0.15) is 0 Å². The van der Waals surface area contributed by atoms with Crippen LogP contribution in [0.15, 0.2) is 24.3 Å². The first-order valence-electron chi connectivity index (χ1n) is 4.82. The fourth-order valence-corrected chi connectivity index (χ4v) is 0.978. The van der Waals surface area contributed by atoms with E-state index in [0.717, 1.165) is 0 Å². The van der Waals surface area contributed by atoms with Crippen LogP contribution < -0.4 is 10.1 Å². The Bertz CT molecular complexity index is 336. The minimum atomic E-state index is -0.505. The van der Waals surface area contributed by atoms with Crippen molar-refractivity contribution in [2.75, 3.05) is 6.54 Å². The summed E-state index contributed by atoms with van der Waals surface area (Å²) >= 11 is 0. The summed E-state index contributed by atoms with van der Waals surface area (Å²) in [6, 6.07) is 6.11. The molecule has 4 heteroatoms. The van der Waals surface area contributed by atoms with Crippen molar-refractivity contribution in [3.63, 3.8) is 0 Å². The standard InChI is InChI=1S/C11H15NO3/c1-8(2)7-12-11(14)15-10-5-3-4-9(13)6-10/h3-6,8,13H,7H2,1-2H3,(H,12,14). The molecule has 1 rings (SSSR count). The number of ether oxygens (including phenoxy) is 1. The van der Waals surface area contributed by atoms with Gasteiger partial charge < -0.3 is 15.2 Å². The topological polar surface area (TPSA) is 58.6 Å². The lowest BCUT2D eigenvalue weighted by Gasteiger charge is -2.08. The summed E-state index contributed by atoms with van der Waals surface area (Å²) in [4.78, 5) is 11.2. The van der Waals surface area contributed by atoms with E-state index in [2.05, 4.69) is 5.32 Å². The van der Waals surface area contributed by atoms with Crippen LogP contribution in [0.3, 0.4) is 0 Å². The first-order valence-corrected chi connectivity index (χ1v) is 4.82. The summed E-state index contributed by atoms with van der Waals surface area (Å²) < 4.78 is 4.94. The Hall–Kier alpha value is -1.71. The minimum absolute atomic E-state index is 0.0733. The highest BCUT2D eigenvalue weighted by Gasteiger charge is 2.04. The van der Waals surface area contributed by atoms with Gasteiger partial charge in [-0.25, -0.2) is 4.79 Å². The average Bonchev–Trinajstić information content (AvgIpc) is 2.15. The van der Waals surface area contributed by atoms with E-state index in [1.807, 2.05) is 13.8 Å². The Morgan fingerprint density at radius 3 is 2.87 bits per heavy atom. The van der Waals surface area contributed by atoms with Crippen LogP contribution in [-0.4, -0.2) is 17.7 Å². The maximum absolute atomic E-state index is 11.2. The zero-order valence-electron chi connectivity index (χ0n) is 8.86. The third-order valence-corrected chi connectivity index (χ3v) is 1.68. The van der Waals surface area contributed by atoms with E-state index in [4.69, 9.17) is 9.84 Å². The molecule has 0 aromatic heterocycles. The van der Waals surface area contributed by atoms with Gasteiger partial charge >= 0.3 is 6.09 Å². The number of hydrogen-bond acceptors (Lipinski definition) is 3. The zero-order valence-corrected chi connectivity index (χ0v) is 8.86. The van der Waals surface area contributed by atoms with Crippen molar-refractivity contribution in [2.24, 2.45) is 5.92 Å². The zero-order chi connectivity index (χ0) is 11.3. The summed E-state index contributed by atoms with van der Waals surface area (Å²) in [5.74, 6) is 0.780. The molecule has 0 heterocycles. The van der Waals surface area contributed by atoms with Crippen LogP contribution in [0.2, 0.25) is 0 Å². The van der Waals surface area contributed by atoms with Gasteiger partial charge in [0, 0.05) is 12.6 Å². The fraction of sp³-hybridized carbons (Fsp3) is 0.364. The molecule has 0 bridgehead atoms. The monoisotopic (exact) mass is 209 g/mol. The molecule has 0 unspecified atom stereocenters. The van der Waals surface area contributed by atoms with Crippen molar-refractivity contribution in [1.82, 2.24) is 5.32 Å². The molecule has 0 saturated carbocycles. The predicted molar refractivity (Wildman–Crippen MR) is 57.0 cm³/mol. The van der Waals surface area contributed by atoms with E-state index in [0.29, 0.717) is 18.2 Å². The highest BCUT2D eigenvalue weighted by atomic mass is 16.6. The summed E-state index contributed by atoms with van der Waals surface area (Å²) in [5, 5.41) is 11.7. The molecular formula is C11H15NO3. The molecule has 1 aromatic carbocycles. The second-order valence-corrected chi connectivity index (χ2v) is 3.66. The Balaban J connectivity index is 2.44. The van der Waals surface area contributed by atoms with Crippen molar-refractivity contribution >= 4 is 6.09 Å². The molecule has 2 N–H and O–H groups in total. The Kier molecular flexibility index (Phi) is 3.97. The van der Waals surface area contributed by atoms with Crippen LogP contribution in [0.1, 0.15) is 13.8 Å². The number of benzene rings is 1. The van der Waals surface area contributed by atoms with Gasteiger partial charge in [-0.05, 0) is 18.1 Å². The summed E-state index contributed by atoms with van der Waals surface area (Å²) in [6.45, 7) is 4.56. The van der Waals surface area contributed by atoms with Crippen LogP contribution in [0.5, 0.6) is 11.5 Å². The highest BCUT2D eigenvalue weighted by molar-refractivity contribution is 5.70. The Morgan fingerprint density at radius 1 is 1.53 bits per heavy atom. The van der Waals surface area contributed by atoms with E-state index >= 15 is 0 Å². The number of carbonyl (C=O) groups is 1. The molecule has 0 aliphatic carbocycles. The van der Waals surface area contributed by atoms with Crippen LogP contribution in [0.25, 0.3) is 0 Å². The van der Waals surface area contributed by atoms with Gasteiger partial charge in [0.15, 0.2) is 0 Å². The summed E-state index contributed by atoms with van der Waals surface area (Å²) in [7, 11) is 0. The lowest BCUT2D eigenvalue weighted by molar-refractivity contribution is 0.199. The Labute approximate surface area is 88.9 Å². The molecule has 0 fully saturated rings. The number of amides is 1. The molecule has 0 aliphatic rings. The van der Waals surface area contributed by atoms with Crippen molar-refractivity contribution in [1.29, 1.82) is 0 Å². The van der Waals surface area contributed by atoms with Crippen LogP contribution in [0, 0.1) is 5.92 Å². The van der Waals surface area contributed by atoms with Crippen molar-refractivity contribution < 1.29 is 14.6 Å². The number of aromatic hydroxyl groups is 1. The van der Waals surface area contributed by atoms with E-state index < -0.39 is 6.09 Å². The molecule has 1 aromatic rings. The number of carbonyl (C=O) groups excluding carboxylic acids is 1. The fourth-order valence-electron chi connectivity index (χ4n) is 0.978. The highest BCUT2D eigenvalue weighted by Crippen LogP contribution is 2.17. The van der Waals surface area contributed by atoms with Gasteiger partial charge in [-0.15, -0.1) is 0 Å². The molecule has 82 valence electrons. The van der Waals surface area contributed by atoms with Crippen LogP contribution in [-0.2, 0) is 0 Å². The molecule has 0 aliphatic heterocycles. The molecule has 0 atom stereocenters. The molecule has 0 radical (unpaired) electrons. The van der Waals surface area contributed by atoms with E-state index in [1.54, 1.807) is 12.1 Å². The first-order chi connectivity index (χ1) is 7.08. The van der Waals surface area contributed by atoms with Gasteiger partial charge in [0.1, 0.15) is 11.5 Å². The Morgan fingerprint density at radius 2 is 2.27 bits per heavy atom. The van der Waals surface area contributed by atoms with Crippen LogP contribution in [0.4, 0.5) is 4.79 Å². The normalized spacial score (nSPS) is 10.1. The maximum atomic E-state index is 11.2. The second-order valence-electron chi connectivity index (χ2n) is 3.66. The first kappa shape index (κ1) is 11.4. The van der Waals surface area contributed by atoms with E-state index in [1.165, 1.54) is 12.1 Å². The lowest BCUT2D eigenvalue weighted by atomic mass is 10.2. The molecular weight excluding hydrogens is 194 g/mol.